The minimum absolute atomic E-state index is 0.00192. The molecular formula is C16H17BrClNO. The summed E-state index contributed by atoms with van der Waals surface area (Å²) in [6, 6.07) is 8.01. The molecule has 2 nitrogen and oxygen atoms in total. The van der Waals surface area contributed by atoms with Crippen LogP contribution in [-0.4, -0.2) is 4.98 Å². The van der Waals surface area contributed by atoms with Gasteiger partial charge in [-0.15, -0.1) is 0 Å². The van der Waals surface area contributed by atoms with Crippen LogP contribution in [0.2, 0.25) is 5.02 Å². The number of nitrogens with zero attached hydrogens (tertiary/aromatic N) is 1. The summed E-state index contributed by atoms with van der Waals surface area (Å²) in [5, 5.41) is 0.574. The zero-order chi connectivity index (χ0) is 14.9. The zero-order valence-corrected chi connectivity index (χ0v) is 14.3. The van der Waals surface area contributed by atoms with Gasteiger partial charge < -0.3 is 4.74 Å². The largest absolute Gasteiger partial charge is 0.438 e. The second-order valence-corrected chi connectivity index (χ2v) is 7.08. The van der Waals surface area contributed by atoms with E-state index in [4.69, 9.17) is 16.3 Å². The number of aryl methyl sites for hydroxylation is 1. The molecule has 0 saturated heterocycles. The van der Waals surface area contributed by atoms with Crippen molar-refractivity contribution in [2.45, 2.75) is 33.1 Å². The maximum absolute atomic E-state index is 5.99. The van der Waals surface area contributed by atoms with Gasteiger partial charge >= 0.3 is 0 Å². The molecule has 0 spiro atoms. The third-order valence-corrected chi connectivity index (χ3v) is 3.70. The molecule has 0 aliphatic carbocycles. The molecular weight excluding hydrogens is 338 g/mol. The highest BCUT2D eigenvalue weighted by Gasteiger charge is 2.20. The van der Waals surface area contributed by atoms with E-state index in [0.29, 0.717) is 10.9 Å². The maximum Gasteiger partial charge on any atom is 0.233 e. The molecule has 0 atom stereocenters. The van der Waals surface area contributed by atoms with Crippen LogP contribution in [-0.2, 0) is 5.41 Å². The molecule has 4 heteroatoms. The van der Waals surface area contributed by atoms with Crippen LogP contribution in [0.25, 0.3) is 0 Å². The van der Waals surface area contributed by atoms with E-state index in [1.54, 1.807) is 12.3 Å². The Morgan fingerprint density at radius 1 is 1.20 bits per heavy atom. The molecule has 2 aromatic rings. The molecule has 0 aliphatic heterocycles. The number of halogens is 2. The van der Waals surface area contributed by atoms with Gasteiger partial charge in [0.15, 0.2) is 0 Å². The normalized spacial score (nSPS) is 11.5. The van der Waals surface area contributed by atoms with Crippen LogP contribution in [0.4, 0.5) is 0 Å². The monoisotopic (exact) mass is 353 g/mol. The Hall–Kier alpha value is -1.06. The molecule has 106 valence electrons. The first-order chi connectivity index (χ1) is 9.27. The van der Waals surface area contributed by atoms with E-state index >= 15 is 0 Å². The average molecular weight is 355 g/mol. The number of aromatic nitrogens is 1. The van der Waals surface area contributed by atoms with Gasteiger partial charge in [0.2, 0.25) is 5.88 Å². The third-order valence-electron chi connectivity index (χ3n) is 2.93. The van der Waals surface area contributed by atoms with Gasteiger partial charge in [-0.3, -0.25) is 0 Å². The Morgan fingerprint density at radius 3 is 2.50 bits per heavy atom. The predicted molar refractivity (Wildman–Crippen MR) is 86.9 cm³/mol. The third kappa shape index (κ3) is 3.53. The summed E-state index contributed by atoms with van der Waals surface area (Å²) >= 11 is 9.33. The van der Waals surface area contributed by atoms with Crippen molar-refractivity contribution in [2.75, 3.05) is 0 Å². The van der Waals surface area contributed by atoms with Crippen LogP contribution in [0, 0.1) is 6.92 Å². The van der Waals surface area contributed by atoms with Crippen molar-refractivity contribution >= 4 is 27.5 Å². The van der Waals surface area contributed by atoms with E-state index < -0.39 is 0 Å². The van der Waals surface area contributed by atoms with Crippen molar-refractivity contribution in [3.05, 3.63) is 51.1 Å². The van der Waals surface area contributed by atoms with Crippen LogP contribution in [0.15, 0.2) is 34.9 Å². The van der Waals surface area contributed by atoms with Gasteiger partial charge in [-0.2, -0.15) is 0 Å². The highest BCUT2D eigenvalue weighted by molar-refractivity contribution is 9.10. The Morgan fingerprint density at radius 2 is 1.90 bits per heavy atom. The van der Waals surface area contributed by atoms with Crippen LogP contribution in [0.5, 0.6) is 11.6 Å². The molecule has 0 N–H and O–H groups in total. The van der Waals surface area contributed by atoms with Gasteiger partial charge in [0.25, 0.3) is 0 Å². The fourth-order valence-corrected chi connectivity index (χ4v) is 2.63. The summed E-state index contributed by atoms with van der Waals surface area (Å²) in [7, 11) is 0. The fraction of sp³-hybridized carbons (Fsp3) is 0.312. The lowest BCUT2D eigenvalue weighted by molar-refractivity contribution is 0.437. The molecule has 1 heterocycles. The Bertz CT molecular complexity index is 635. The van der Waals surface area contributed by atoms with Crippen molar-refractivity contribution in [3.8, 4) is 11.6 Å². The lowest BCUT2D eigenvalue weighted by Gasteiger charge is -2.23. The molecule has 0 fully saturated rings. The van der Waals surface area contributed by atoms with E-state index in [1.165, 1.54) is 0 Å². The molecule has 1 aromatic carbocycles. The first-order valence-corrected chi connectivity index (χ1v) is 7.54. The van der Waals surface area contributed by atoms with Crippen molar-refractivity contribution in [2.24, 2.45) is 0 Å². The molecule has 0 bridgehead atoms. The van der Waals surface area contributed by atoms with Gasteiger partial charge in [0.05, 0.1) is 9.50 Å². The molecule has 0 amide bonds. The van der Waals surface area contributed by atoms with Crippen molar-refractivity contribution in [1.29, 1.82) is 0 Å². The van der Waals surface area contributed by atoms with Crippen molar-refractivity contribution in [3.63, 3.8) is 0 Å². The first-order valence-electron chi connectivity index (χ1n) is 6.37. The van der Waals surface area contributed by atoms with Crippen LogP contribution >= 0.6 is 27.5 Å². The summed E-state index contributed by atoms with van der Waals surface area (Å²) in [5.74, 6) is 1.35. The highest BCUT2D eigenvalue weighted by atomic mass is 79.9. The second kappa shape index (κ2) is 5.74. The molecule has 0 aliphatic rings. The number of pyridine rings is 1. The minimum Gasteiger partial charge on any atom is -0.438 e. The number of ether oxygens (including phenoxy) is 1. The van der Waals surface area contributed by atoms with Gasteiger partial charge in [-0.25, -0.2) is 4.98 Å². The van der Waals surface area contributed by atoms with E-state index in [-0.39, 0.29) is 5.41 Å². The van der Waals surface area contributed by atoms with Gasteiger partial charge in [-0.1, -0.05) is 44.5 Å². The van der Waals surface area contributed by atoms with Crippen LogP contribution in [0.3, 0.4) is 0 Å². The number of rotatable bonds is 2. The van der Waals surface area contributed by atoms with E-state index in [1.807, 2.05) is 13.0 Å². The quantitative estimate of drug-likeness (QED) is 0.670. The molecule has 20 heavy (non-hydrogen) atoms. The topological polar surface area (TPSA) is 22.1 Å². The standard InChI is InChI=1S/C16H17BrClNO/c1-10-5-6-12(16(2,3)4)14(7-10)20-15-13(17)8-11(18)9-19-15/h5-9H,1-4H3. The highest BCUT2D eigenvalue weighted by Crippen LogP contribution is 2.36. The lowest BCUT2D eigenvalue weighted by atomic mass is 9.86. The van der Waals surface area contributed by atoms with Crippen LogP contribution in [0.1, 0.15) is 31.9 Å². The maximum atomic E-state index is 5.99. The summed E-state index contributed by atoms with van der Waals surface area (Å²) in [5.41, 5.74) is 2.30. The summed E-state index contributed by atoms with van der Waals surface area (Å²) in [4.78, 5) is 4.22. The Balaban J connectivity index is 2.45. The minimum atomic E-state index is 0.00192. The summed E-state index contributed by atoms with van der Waals surface area (Å²) in [6.07, 6.45) is 1.58. The van der Waals surface area contributed by atoms with Gasteiger partial charge in [-0.05, 0) is 46.0 Å². The van der Waals surface area contributed by atoms with E-state index in [9.17, 15) is 0 Å². The van der Waals surface area contributed by atoms with Crippen molar-refractivity contribution in [1.82, 2.24) is 4.98 Å². The lowest BCUT2D eigenvalue weighted by Crippen LogP contribution is -2.12. The Labute approximate surface area is 133 Å². The first kappa shape index (κ1) is 15.3. The predicted octanol–water partition coefficient (Wildman–Crippen LogP) is 5.90. The van der Waals surface area contributed by atoms with Crippen molar-refractivity contribution < 1.29 is 4.74 Å². The van der Waals surface area contributed by atoms with E-state index in [0.717, 1.165) is 21.3 Å². The average Bonchev–Trinajstić information content (AvgIpc) is 2.31. The SMILES string of the molecule is Cc1ccc(C(C)(C)C)c(Oc2ncc(Cl)cc2Br)c1. The number of hydrogen-bond acceptors (Lipinski definition) is 2. The fourth-order valence-electron chi connectivity index (χ4n) is 1.91. The smallest absolute Gasteiger partial charge is 0.233 e. The molecule has 1 aromatic heterocycles. The van der Waals surface area contributed by atoms with Crippen LogP contribution < -0.4 is 4.74 Å². The zero-order valence-electron chi connectivity index (χ0n) is 12.0. The molecule has 2 rings (SSSR count). The van der Waals surface area contributed by atoms with Gasteiger partial charge in [0, 0.05) is 11.8 Å². The number of benzene rings is 1. The number of hydrogen-bond donors (Lipinski definition) is 0. The summed E-state index contributed by atoms with van der Waals surface area (Å²) < 4.78 is 6.73. The Kier molecular flexibility index (Phi) is 4.40. The van der Waals surface area contributed by atoms with Gasteiger partial charge in [0.1, 0.15) is 5.75 Å². The molecule has 0 radical (unpaired) electrons. The second-order valence-electron chi connectivity index (χ2n) is 5.79. The van der Waals surface area contributed by atoms with E-state index in [2.05, 4.69) is 53.8 Å². The molecule has 0 unspecified atom stereocenters. The molecule has 0 saturated carbocycles. The summed E-state index contributed by atoms with van der Waals surface area (Å²) in [6.45, 7) is 8.53.